The lowest BCUT2D eigenvalue weighted by Crippen LogP contribution is -2.12. The quantitative estimate of drug-likeness (QED) is 0.583. The number of hydrogen-bond acceptors (Lipinski definition) is 1. The Labute approximate surface area is 76.8 Å². The van der Waals surface area contributed by atoms with Crippen molar-refractivity contribution in [2.24, 2.45) is 11.8 Å². The Balaban J connectivity index is 0.000000561. The molecule has 0 aromatic carbocycles. The Bertz CT molecular complexity index is 126. The zero-order chi connectivity index (χ0) is 9.40. The fourth-order valence-electron chi connectivity index (χ4n) is 1.70. The van der Waals surface area contributed by atoms with Crippen LogP contribution in [0.4, 0.5) is 0 Å². The van der Waals surface area contributed by atoms with Crippen LogP contribution in [0.3, 0.4) is 0 Å². The van der Waals surface area contributed by atoms with Gasteiger partial charge in [-0.2, -0.15) is 5.26 Å². The molecule has 0 spiro atoms. The normalized spacial score (nSPS) is 28.2. The predicted octanol–water partition coefficient (Wildman–Crippen LogP) is 3.75. The van der Waals surface area contributed by atoms with Crippen molar-refractivity contribution >= 4 is 0 Å². The minimum absolute atomic E-state index is 0.378. The van der Waals surface area contributed by atoms with Gasteiger partial charge in [-0.05, 0) is 31.6 Å². The van der Waals surface area contributed by atoms with Crippen LogP contribution < -0.4 is 0 Å². The molecule has 0 atom stereocenters. The first-order valence-electron chi connectivity index (χ1n) is 5.26. The lowest BCUT2D eigenvalue weighted by molar-refractivity contribution is 0.308. The molecule has 1 aliphatic carbocycles. The van der Waals surface area contributed by atoms with Crippen molar-refractivity contribution in [2.45, 2.75) is 52.9 Å². The maximum atomic E-state index is 8.60. The highest BCUT2D eigenvalue weighted by atomic mass is 14.3. The van der Waals surface area contributed by atoms with Gasteiger partial charge >= 0.3 is 0 Å². The zero-order valence-electron chi connectivity index (χ0n) is 8.64. The van der Waals surface area contributed by atoms with Crippen molar-refractivity contribution in [3.8, 4) is 6.07 Å². The zero-order valence-corrected chi connectivity index (χ0v) is 8.64. The Hall–Kier alpha value is -0.510. The van der Waals surface area contributed by atoms with Crippen LogP contribution in [-0.4, -0.2) is 0 Å². The second-order valence-corrected chi connectivity index (χ2v) is 3.25. The standard InChI is InChI=1S/C9H15N.C2H6/c1-2-8-3-5-9(7-10)6-4-8;1-2/h8-9H,2-6H2,1H3;1-2H3. The highest BCUT2D eigenvalue weighted by molar-refractivity contribution is 4.86. The van der Waals surface area contributed by atoms with Gasteiger partial charge in [0.05, 0.1) is 6.07 Å². The summed E-state index contributed by atoms with van der Waals surface area (Å²) in [6.07, 6.45) is 6.17. The number of nitrogens with zero attached hydrogens (tertiary/aromatic N) is 1. The van der Waals surface area contributed by atoms with E-state index in [1.54, 1.807) is 0 Å². The molecule has 0 radical (unpaired) electrons. The topological polar surface area (TPSA) is 23.8 Å². The molecule has 1 rings (SSSR count). The monoisotopic (exact) mass is 167 g/mol. The molecule has 1 heteroatoms. The minimum atomic E-state index is 0.378. The molecule has 0 heterocycles. The molecule has 0 aromatic rings. The van der Waals surface area contributed by atoms with Gasteiger partial charge < -0.3 is 0 Å². The summed E-state index contributed by atoms with van der Waals surface area (Å²) < 4.78 is 0. The Morgan fingerprint density at radius 1 is 1.17 bits per heavy atom. The second kappa shape index (κ2) is 7.16. The first-order chi connectivity index (χ1) is 5.86. The summed E-state index contributed by atoms with van der Waals surface area (Å²) in [5.41, 5.74) is 0. The van der Waals surface area contributed by atoms with Crippen LogP contribution in [0, 0.1) is 23.2 Å². The van der Waals surface area contributed by atoms with Gasteiger partial charge in [-0.1, -0.05) is 27.2 Å². The minimum Gasteiger partial charge on any atom is -0.198 e. The van der Waals surface area contributed by atoms with Crippen molar-refractivity contribution in [3.05, 3.63) is 0 Å². The van der Waals surface area contributed by atoms with E-state index in [-0.39, 0.29) is 0 Å². The average Bonchev–Trinajstić information content (AvgIpc) is 2.21. The van der Waals surface area contributed by atoms with Gasteiger partial charge in [0, 0.05) is 5.92 Å². The molecule has 0 unspecified atom stereocenters. The Morgan fingerprint density at radius 2 is 1.67 bits per heavy atom. The van der Waals surface area contributed by atoms with E-state index in [1.807, 2.05) is 13.8 Å². The maximum Gasteiger partial charge on any atom is 0.0655 e. The third kappa shape index (κ3) is 3.76. The van der Waals surface area contributed by atoms with Gasteiger partial charge in [-0.25, -0.2) is 0 Å². The van der Waals surface area contributed by atoms with Gasteiger partial charge in [-0.3, -0.25) is 0 Å². The fourth-order valence-corrected chi connectivity index (χ4v) is 1.70. The molecule has 0 amide bonds. The van der Waals surface area contributed by atoms with Crippen molar-refractivity contribution in [1.29, 1.82) is 5.26 Å². The summed E-state index contributed by atoms with van der Waals surface area (Å²) in [6, 6.07) is 2.35. The van der Waals surface area contributed by atoms with Crippen molar-refractivity contribution in [2.75, 3.05) is 0 Å². The largest absolute Gasteiger partial charge is 0.198 e. The molecule has 12 heavy (non-hydrogen) atoms. The third-order valence-corrected chi connectivity index (χ3v) is 2.61. The summed E-state index contributed by atoms with van der Waals surface area (Å²) in [5, 5.41) is 8.60. The summed E-state index contributed by atoms with van der Waals surface area (Å²) >= 11 is 0. The predicted molar refractivity (Wildman–Crippen MR) is 52.7 cm³/mol. The van der Waals surface area contributed by atoms with Crippen molar-refractivity contribution < 1.29 is 0 Å². The van der Waals surface area contributed by atoms with E-state index in [0.717, 1.165) is 18.8 Å². The molecular formula is C11H21N. The summed E-state index contributed by atoms with van der Waals surface area (Å²) in [6.45, 7) is 6.25. The van der Waals surface area contributed by atoms with Crippen LogP contribution in [0.15, 0.2) is 0 Å². The van der Waals surface area contributed by atoms with Gasteiger partial charge in [0.15, 0.2) is 0 Å². The van der Waals surface area contributed by atoms with E-state index in [4.69, 9.17) is 5.26 Å². The lowest BCUT2D eigenvalue weighted by atomic mass is 9.82. The van der Waals surface area contributed by atoms with Crippen LogP contribution in [0.5, 0.6) is 0 Å². The van der Waals surface area contributed by atoms with Crippen LogP contribution in [0.2, 0.25) is 0 Å². The summed E-state index contributed by atoms with van der Waals surface area (Å²) in [4.78, 5) is 0. The fraction of sp³-hybridized carbons (Fsp3) is 0.909. The first kappa shape index (κ1) is 11.5. The molecule has 0 bridgehead atoms. The van der Waals surface area contributed by atoms with Crippen LogP contribution >= 0.6 is 0 Å². The molecule has 70 valence electrons. The molecule has 0 aliphatic heterocycles. The molecule has 1 saturated carbocycles. The van der Waals surface area contributed by atoms with Crippen LogP contribution in [0.1, 0.15) is 52.9 Å². The van der Waals surface area contributed by atoms with Crippen LogP contribution in [0.25, 0.3) is 0 Å². The molecule has 1 fully saturated rings. The molecule has 0 N–H and O–H groups in total. The smallest absolute Gasteiger partial charge is 0.0655 e. The van der Waals surface area contributed by atoms with E-state index in [2.05, 4.69) is 13.0 Å². The maximum absolute atomic E-state index is 8.60. The van der Waals surface area contributed by atoms with E-state index < -0.39 is 0 Å². The SMILES string of the molecule is CC.CCC1CCC(C#N)CC1. The first-order valence-corrected chi connectivity index (χ1v) is 5.26. The van der Waals surface area contributed by atoms with Gasteiger partial charge in [-0.15, -0.1) is 0 Å². The highest BCUT2D eigenvalue weighted by Crippen LogP contribution is 2.29. The van der Waals surface area contributed by atoms with Gasteiger partial charge in [0.1, 0.15) is 0 Å². The highest BCUT2D eigenvalue weighted by Gasteiger charge is 2.18. The molecule has 0 aromatic heterocycles. The lowest BCUT2D eigenvalue weighted by Gasteiger charge is -2.22. The summed E-state index contributed by atoms with van der Waals surface area (Å²) in [7, 11) is 0. The van der Waals surface area contributed by atoms with Crippen LogP contribution in [-0.2, 0) is 0 Å². The van der Waals surface area contributed by atoms with Gasteiger partial charge in [0.2, 0.25) is 0 Å². The number of rotatable bonds is 1. The Kier molecular flexibility index (Phi) is 6.85. The molecule has 1 nitrogen and oxygen atoms in total. The molecule has 1 aliphatic rings. The van der Waals surface area contributed by atoms with Crippen molar-refractivity contribution in [1.82, 2.24) is 0 Å². The molecule has 0 saturated heterocycles. The molecular weight excluding hydrogens is 146 g/mol. The second-order valence-electron chi connectivity index (χ2n) is 3.25. The Morgan fingerprint density at radius 3 is 2.00 bits per heavy atom. The van der Waals surface area contributed by atoms with Gasteiger partial charge in [0.25, 0.3) is 0 Å². The number of hydrogen-bond donors (Lipinski definition) is 0. The van der Waals surface area contributed by atoms with E-state index in [9.17, 15) is 0 Å². The van der Waals surface area contributed by atoms with E-state index in [1.165, 1.54) is 19.3 Å². The number of nitriles is 1. The van der Waals surface area contributed by atoms with Crippen molar-refractivity contribution in [3.63, 3.8) is 0 Å². The summed E-state index contributed by atoms with van der Waals surface area (Å²) in [5.74, 6) is 1.30. The third-order valence-electron chi connectivity index (χ3n) is 2.61. The average molecular weight is 167 g/mol. The van der Waals surface area contributed by atoms with E-state index >= 15 is 0 Å². The van der Waals surface area contributed by atoms with E-state index in [0.29, 0.717) is 5.92 Å².